The first kappa shape index (κ1) is 18.0. The maximum atomic E-state index is 12.4. The van der Waals surface area contributed by atoms with Gasteiger partial charge in [-0.25, -0.2) is 4.79 Å². The summed E-state index contributed by atoms with van der Waals surface area (Å²) in [4.78, 5) is 16.5. The second-order valence-corrected chi connectivity index (χ2v) is 6.27. The molecular weight excluding hydrogens is 336 g/mol. The van der Waals surface area contributed by atoms with Gasteiger partial charge in [-0.1, -0.05) is 12.8 Å². The number of carbonyl (C=O) groups is 1. The van der Waals surface area contributed by atoms with Gasteiger partial charge in [-0.05, 0) is 25.8 Å². The van der Waals surface area contributed by atoms with Gasteiger partial charge >= 0.3 is 6.03 Å². The lowest BCUT2D eigenvalue weighted by Crippen LogP contribution is -2.33. The molecule has 2 N–H and O–H groups in total. The number of nitrogens with one attached hydrogen (secondary N) is 2. The average Bonchev–Trinajstić information content (AvgIpc) is 3.32. The van der Waals surface area contributed by atoms with Gasteiger partial charge in [-0.3, -0.25) is 0 Å². The van der Waals surface area contributed by atoms with Gasteiger partial charge in [-0.2, -0.15) is 4.98 Å². The highest BCUT2D eigenvalue weighted by Gasteiger charge is 2.23. The van der Waals surface area contributed by atoms with Crippen molar-refractivity contribution in [2.24, 2.45) is 0 Å². The second kappa shape index (κ2) is 8.03. The standard InChI is InChI=1S/C17H24N6O3/c1-11(15-22-18-10-23(15)12-6-4-5-7-12)19-17(24)20-13-8-9-14(25-2)21-16(13)26-3/h8-12H,4-7H2,1-3H3,(H2,19,20,24)/t11-/m0/s1. The van der Waals surface area contributed by atoms with E-state index in [1.54, 1.807) is 18.5 Å². The lowest BCUT2D eigenvalue weighted by Gasteiger charge is -2.19. The summed E-state index contributed by atoms with van der Waals surface area (Å²) < 4.78 is 12.3. The van der Waals surface area contributed by atoms with E-state index in [9.17, 15) is 4.79 Å². The van der Waals surface area contributed by atoms with E-state index in [2.05, 4.69) is 30.4 Å². The van der Waals surface area contributed by atoms with Crippen LogP contribution in [-0.4, -0.2) is 40.0 Å². The molecule has 1 saturated carbocycles. The Hall–Kier alpha value is -2.84. The fourth-order valence-electron chi connectivity index (χ4n) is 3.23. The van der Waals surface area contributed by atoms with Crippen molar-refractivity contribution in [3.8, 4) is 11.8 Å². The SMILES string of the molecule is COc1ccc(NC(=O)N[C@@H](C)c2nncn2C2CCCC2)c(OC)n1. The zero-order valence-electron chi connectivity index (χ0n) is 15.2. The first-order valence-electron chi connectivity index (χ1n) is 8.68. The molecule has 1 aliphatic rings. The van der Waals surface area contributed by atoms with Crippen molar-refractivity contribution in [1.29, 1.82) is 0 Å². The van der Waals surface area contributed by atoms with E-state index in [1.807, 2.05) is 6.92 Å². The van der Waals surface area contributed by atoms with E-state index in [0.29, 0.717) is 17.6 Å². The molecule has 0 radical (unpaired) electrons. The minimum Gasteiger partial charge on any atom is -0.481 e. The van der Waals surface area contributed by atoms with Crippen LogP contribution in [0.2, 0.25) is 0 Å². The highest BCUT2D eigenvalue weighted by atomic mass is 16.5. The van der Waals surface area contributed by atoms with Gasteiger partial charge < -0.3 is 24.7 Å². The van der Waals surface area contributed by atoms with Crippen molar-refractivity contribution >= 4 is 11.7 Å². The molecule has 0 spiro atoms. The van der Waals surface area contributed by atoms with Gasteiger partial charge in [0.05, 0.1) is 20.3 Å². The van der Waals surface area contributed by atoms with Gasteiger partial charge in [0.2, 0.25) is 11.8 Å². The summed E-state index contributed by atoms with van der Waals surface area (Å²) in [5, 5.41) is 13.8. The van der Waals surface area contributed by atoms with E-state index < -0.39 is 0 Å². The van der Waals surface area contributed by atoms with Crippen LogP contribution in [0.1, 0.15) is 50.5 Å². The first-order valence-corrected chi connectivity index (χ1v) is 8.68. The van der Waals surface area contributed by atoms with Crippen molar-refractivity contribution in [2.45, 2.75) is 44.7 Å². The number of aromatic nitrogens is 4. The van der Waals surface area contributed by atoms with Crippen LogP contribution in [0.3, 0.4) is 0 Å². The molecule has 3 rings (SSSR count). The Balaban J connectivity index is 1.66. The Bertz CT molecular complexity index is 757. The molecule has 2 amide bonds. The van der Waals surface area contributed by atoms with Crippen LogP contribution in [0.4, 0.5) is 10.5 Å². The van der Waals surface area contributed by atoms with Gasteiger partial charge in [0.1, 0.15) is 12.0 Å². The third-order valence-electron chi connectivity index (χ3n) is 4.54. The fourth-order valence-corrected chi connectivity index (χ4v) is 3.23. The van der Waals surface area contributed by atoms with E-state index >= 15 is 0 Å². The van der Waals surface area contributed by atoms with Crippen molar-refractivity contribution in [3.05, 3.63) is 24.3 Å². The number of ether oxygens (including phenoxy) is 2. The third kappa shape index (κ3) is 3.87. The van der Waals surface area contributed by atoms with Crippen molar-refractivity contribution in [2.75, 3.05) is 19.5 Å². The number of hydrogen-bond acceptors (Lipinski definition) is 6. The Morgan fingerprint density at radius 2 is 2.04 bits per heavy atom. The number of urea groups is 1. The third-order valence-corrected chi connectivity index (χ3v) is 4.54. The maximum absolute atomic E-state index is 12.4. The largest absolute Gasteiger partial charge is 0.481 e. The highest BCUT2D eigenvalue weighted by molar-refractivity contribution is 5.90. The highest BCUT2D eigenvalue weighted by Crippen LogP contribution is 2.31. The molecule has 0 bridgehead atoms. The molecule has 2 aromatic heterocycles. The predicted molar refractivity (Wildman–Crippen MR) is 95.4 cm³/mol. The first-order chi connectivity index (χ1) is 12.6. The maximum Gasteiger partial charge on any atom is 0.319 e. The molecule has 1 atom stereocenters. The summed E-state index contributed by atoms with van der Waals surface area (Å²) >= 11 is 0. The van der Waals surface area contributed by atoms with Crippen molar-refractivity contribution in [3.63, 3.8) is 0 Å². The summed E-state index contributed by atoms with van der Waals surface area (Å²) in [6.45, 7) is 1.89. The van der Waals surface area contributed by atoms with Gasteiger partial charge in [0.25, 0.3) is 0 Å². The van der Waals surface area contributed by atoms with E-state index in [0.717, 1.165) is 18.7 Å². The summed E-state index contributed by atoms with van der Waals surface area (Å²) in [5.41, 5.74) is 0.454. The topological polar surface area (TPSA) is 103 Å². The lowest BCUT2D eigenvalue weighted by atomic mass is 10.2. The minimum atomic E-state index is -0.372. The monoisotopic (exact) mass is 360 g/mol. The van der Waals surface area contributed by atoms with Gasteiger partial charge in [-0.15, -0.1) is 10.2 Å². The summed E-state index contributed by atoms with van der Waals surface area (Å²) in [7, 11) is 3.00. The number of pyridine rings is 1. The van der Waals surface area contributed by atoms with E-state index in [1.165, 1.54) is 27.1 Å². The second-order valence-electron chi connectivity index (χ2n) is 6.27. The average molecular weight is 360 g/mol. The predicted octanol–water partition coefficient (Wildman–Crippen LogP) is 2.69. The van der Waals surface area contributed by atoms with Crippen LogP contribution >= 0.6 is 0 Å². The Kier molecular flexibility index (Phi) is 5.55. The van der Waals surface area contributed by atoms with Crippen molar-refractivity contribution < 1.29 is 14.3 Å². The molecule has 9 nitrogen and oxygen atoms in total. The molecule has 140 valence electrons. The normalized spacial score (nSPS) is 15.5. The van der Waals surface area contributed by atoms with Crippen LogP contribution in [-0.2, 0) is 0 Å². The number of rotatable bonds is 6. The van der Waals surface area contributed by atoms with Crippen LogP contribution < -0.4 is 20.1 Å². The zero-order valence-corrected chi connectivity index (χ0v) is 15.2. The number of nitrogens with zero attached hydrogens (tertiary/aromatic N) is 4. The number of methoxy groups -OCH3 is 2. The Morgan fingerprint density at radius 3 is 2.73 bits per heavy atom. The summed E-state index contributed by atoms with van der Waals surface area (Å²) in [6, 6.07) is 3.09. The molecule has 9 heteroatoms. The number of anilines is 1. The molecule has 2 heterocycles. The molecule has 0 aliphatic heterocycles. The molecule has 1 fully saturated rings. The van der Waals surface area contributed by atoms with Crippen LogP contribution in [0.5, 0.6) is 11.8 Å². The Morgan fingerprint density at radius 1 is 1.27 bits per heavy atom. The van der Waals surface area contributed by atoms with E-state index in [-0.39, 0.29) is 18.0 Å². The number of amides is 2. The zero-order chi connectivity index (χ0) is 18.5. The summed E-state index contributed by atoms with van der Waals surface area (Å²) in [5.74, 6) is 1.44. The number of carbonyl (C=O) groups excluding carboxylic acids is 1. The van der Waals surface area contributed by atoms with E-state index in [4.69, 9.17) is 9.47 Å². The molecule has 26 heavy (non-hydrogen) atoms. The molecular formula is C17H24N6O3. The fraction of sp³-hybridized carbons (Fsp3) is 0.529. The Labute approximate surface area is 152 Å². The molecule has 2 aromatic rings. The number of hydrogen-bond donors (Lipinski definition) is 2. The van der Waals surface area contributed by atoms with Crippen molar-refractivity contribution in [1.82, 2.24) is 25.1 Å². The molecule has 0 saturated heterocycles. The lowest BCUT2D eigenvalue weighted by molar-refractivity contribution is 0.248. The quantitative estimate of drug-likeness (QED) is 0.821. The smallest absolute Gasteiger partial charge is 0.319 e. The van der Waals surface area contributed by atoms with Crippen LogP contribution in [0.15, 0.2) is 18.5 Å². The molecule has 0 aromatic carbocycles. The van der Waals surface area contributed by atoms with Crippen LogP contribution in [0, 0.1) is 0 Å². The minimum absolute atomic E-state index is 0.279. The molecule has 0 unspecified atom stereocenters. The molecule has 1 aliphatic carbocycles. The van der Waals surface area contributed by atoms with Gasteiger partial charge in [0, 0.05) is 12.1 Å². The van der Waals surface area contributed by atoms with Crippen LogP contribution in [0.25, 0.3) is 0 Å². The summed E-state index contributed by atoms with van der Waals surface area (Å²) in [6.07, 6.45) is 6.43. The van der Waals surface area contributed by atoms with Gasteiger partial charge in [0.15, 0.2) is 5.82 Å².